The molecule has 0 saturated heterocycles. The number of urea groups is 1. The van der Waals surface area contributed by atoms with Crippen molar-refractivity contribution in [1.29, 1.82) is 0 Å². The Balaban J connectivity index is 1.79. The van der Waals surface area contributed by atoms with Crippen molar-refractivity contribution in [3.8, 4) is 5.75 Å². The number of benzene rings is 1. The summed E-state index contributed by atoms with van der Waals surface area (Å²) in [6.07, 6.45) is 0.887. The lowest BCUT2D eigenvalue weighted by Crippen LogP contribution is -2.44. The van der Waals surface area contributed by atoms with Crippen LogP contribution in [-0.2, 0) is 4.79 Å². The van der Waals surface area contributed by atoms with Gasteiger partial charge in [0.25, 0.3) is 0 Å². The van der Waals surface area contributed by atoms with Crippen LogP contribution in [0, 0.1) is 0 Å². The smallest absolute Gasteiger partial charge is 0.315 e. The zero-order valence-electron chi connectivity index (χ0n) is 14.0. The van der Waals surface area contributed by atoms with E-state index < -0.39 is 0 Å². The molecule has 3 amide bonds. The van der Waals surface area contributed by atoms with Crippen LogP contribution >= 0.6 is 0 Å². The van der Waals surface area contributed by atoms with E-state index in [9.17, 15) is 9.59 Å². The quantitative estimate of drug-likeness (QED) is 0.804. The van der Waals surface area contributed by atoms with Gasteiger partial charge in [-0.1, -0.05) is 18.2 Å². The topological polar surface area (TPSA) is 70.7 Å². The van der Waals surface area contributed by atoms with Gasteiger partial charge in [0.2, 0.25) is 5.91 Å². The monoisotopic (exact) mass is 319 g/mol. The highest BCUT2D eigenvalue weighted by Crippen LogP contribution is 2.44. The maximum atomic E-state index is 11.9. The number of hydrogen-bond donors (Lipinski definition) is 2. The highest BCUT2D eigenvalue weighted by atomic mass is 16.5. The Labute approximate surface area is 137 Å². The fourth-order valence-corrected chi connectivity index (χ4v) is 2.73. The van der Waals surface area contributed by atoms with E-state index in [1.54, 1.807) is 12.0 Å². The first kappa shape index (κ1) is 17.1. The summed E-state index contributed by atoms with van der Waals surface area (Å²) in [5, 5.41) is 5.54. The number of methoxy groups -OCH3 is 1. The summed E-state index contributed by atoms with van der Waals surface area (Å²) < 4.78 is 5.35. The molecule has 0 bridgehead atoms. The van der Waals surface area contributed by atoms with Gasteiger partial charge in [-0.2, -0.15) is 0 Å². The molecule has 0 heterocycles. The molecule has 6 heteroatoms. The summed E-state index contributed by atoms with van der Waals surface area (Å²) in [5.74, 6) is 1.05. The second-order valence-electron chi connectivity index (χ2n) is 5.58. The van der Waals surface area contributed by atoms with Gasteiger partial charge in [-0.15, -0.1) is 0 Å². The Morgan fingerprint density at radius 1 is 1.26 bits per heavy atom. The number of rotatable bonds is 7. The molecule has 1 saturated carbocycles. The Kier molecular flexibility index (Phi) is 5.84. The largest absolute Gasteiger partial charge is 0.496 e. The first-order chi connectivity index (χ1) is 11.1. The summed E-state index contributed by atoms with van der Waals surface area (Å²) in [6, 6.07) is 7.64. The lowest BCUT2D eigenvalue weighted by molar-refractivity contribution is -0.129. The average Bonchev–Trinajstić information content (AvgIpc) is 3.32. The van der Waals surface area contributed by atoms with Crippen molar-refractivity contribution in [1.82, 2.24) is 15.5 Å². The molecule has 0 aliphatic heterocycles. The maximum Gasteiger partial charge on any atom is 0.315 e. The molecular formula is C17H25N3O3. The molecule has 0 aromatic heterocycles. The molecule has 1 aromatic carbocycles. The first-order valence-electron chi connectivity index (χ1n) is 8.05. The molecule has 2 atom stereocenters. The molecule has 1 aromatic rings. The maximum absolute atomic E-state index is 11.9. The van der Waals surface area contributed by atoms with Crippen LogP contribution in [0.3, 0.4) is 0 Å². The summed E-state index contributed by atoms with van der Waals surface area (Å²) in [4.78, 5) is 25.4. The van der Waals surface area contributed by atoms with Gasteiger partial charge in [-0.05, 0) is 31.9 Å². The summed E-state index contributed by atoms with van der Waals surface area (Å²) in [7, 11) is 1.65. The molecule has 126 valence electrons. The van der Waals surface area contributed by atoms with Crippen molar-refractivity contribution < 1.29 is 14.3 Å². The molecule has 0 radical (unpaired) electrons. The standard InChI is InChI=1S/C17H25N3O3/c1-4-20(5-2)16(21)11-18-17(22)19-14-10-13(14)12-8-6-7-9-15(12)23-3/h6-9,13-14H,4-5,10-11H2,1-3H3,(H2,18,19,22). The second kappa shape index (κ2) is 7.85. The third-order valence-corrected chi connectivity index (χ3v) is 4.16. The van der Waals surface area contributed by atoms with Crippen molar-refractivity contribution in [2.45, 2.75) is 32.2 Å². The summed E-state index contributed by atoms with van der Waals surface area (Å²) in [5.41, 5.74) is 1.11. The van der Waals surface area contributed by atoms with Crippen LogP contribution in [0.15, 0.2) is 24.3 Å². The minimum atomic E-state index is -0.298. The highest BCUT2D eigenvalue weighted by molar-refractivity contribution is 5.84. The number of nitrogens with zero attached hydrogens (tertiary/aromatic N) is 1. The van der Waals surface area contributed by atoms with E-state index in [0.717, 1.165) is 17.7 Å². The molecule has 1 fully saturated rings. The third kappa shape index (κ3) is 4.37. The average molecular weight is 319 g/mol. The van der Waals surface area contributed by atoms with E-state index >= 15 is 0 Å². The molecule has 1 aliphatic carbocycles. The van der Waals surface area contributed by atoms with Crippen LogP contribution in [0.1, 0.15) is 31.7 Å². The van der Waals surface area contributed by atoms with Crippen LogP contribution < -0.4 is 15.4 Å². The van der Waals surface area contributed by atoms with Gasteiger partial charge < -0.3 is 20.3 Å². The Bertz CT molecular complexity index is 558. The van der Waals surface area contributed by atoms with E-state index in [4.69, 9.17) is 4.74 Å². The van der Waals surface area contributed by atoms with Crippen molar-refractivity contribution in [2.24, 2.45) is 0 Å². The molecule has 6 nitrogen and oxygen atoms in total. The van der Waals surface area contributed by atoms with Crippen molar-refractivity contribution >= 4 is 11.9 Å². The molecule has 1 aliphatic rings. The number of amides is 3. The summed E-state index contributed by atoms with van der Waals surface area (Å²) in [6.45, 7) is 5.17. The molecule has 2 unspecified atom stereocenters. The van der Waals surface area contributed by atoms with Gasteiger partial charge in [0.15, 0.2) is 0 Å². The highest BCUT2D eigenvalue weighted by Gasteiger charge is 2.41. The van der Waals surface area contributed by atoms with Gasteiger partial charge in [0, 0.05) is 25.0 Å². The first-order valence-corrected chi connectivity index (χ1v) is 8.05. The van der Waals surface area contributed by atoms with Crippen LogP contribution in [0.25, 0.3) is 0 Å². The second-order valence-corrected chi connectivity index (χ2v) is 5.58. The van der Waals surface area contributed by atoms with E-state index in [0.29, 0.717) is 13.1 Å². The van der Waals surface area contributed by atoms with Crippen LogP contribution in [0.2, 0.25) is 0 Å². The number of carbonyl (C=O) groups is 2. The number of likely N-dealkylation sites (N-methyl/N-ethyl adjacent to an activating group) is 1. The molecule has 23 heavy (non-hydrogen) atoms. The van der Waals surface area contributed by atoms with Crippen LogP contribution in [0.4, 0.5) is 4.79 Å². The van der Waals surface area contributed by atoms with E-state index in [1.165, 1.54) is 0 Å². The van der Waals surface area contributed by atoms with E-state index in [-0.39, 0.29) is 30.4 Å². The molecule has 0 spiro atoms. The van der Waals surface area contributed by atoms with Crippen molar-refractivity contribution in [3.63, 3.8) is 0 Å². The van der Waals surface area contributed by atoms with Crippen molar-refractivity contribution in [2.75, 3.05) is 26.7 Å². The minimum Gasteiger partial charge on any atom is -0.496 e. The summed E-state index contributed by atoms with van der Waals surface area (Å²) >= 11 is 0. The predicted octanol–water partition coefficient (Wildman–Crippen LogP) is 1.72. The third-order valence-electron chi connectivity index (χ3n) is 4.16. The number of ether oxygens (including phenoxy) is 1. The van der Waals surface area contributed by atoms with Crippen molar-refractivity contribution in [3.05, 3.63) is 29.8 Å². The number of nitrogens with one attached hydrogen (secondary N) is 2. The minimum absolute atomic E-state index is 0.0273. The Morgan fingerprint density at radius 2 is 1.96 bits per heavy atom. The van der Waals surface area contributed by atoms with Gasteiger partial charge in [-0.25, -0.2) is 4.79 Å². The van der Waals surface area contributed by atoms with E-state index in [2.05, 4.69) is 10.6 Å². The normalized spacial score (nSPS) is 18.9. The fourth-order valence-electron chi connectivity index (χ4n) is 2.73. The van der Waals surface area contributed by atoms with E-state index in [1.807, 2.05) is 38.1 Å². The fraction of sp³-hybridized carbons (Fsp3) is 0.529. The van der Waals surface area contributed by atoms with Crippen LogP contribution in [0.5, 0.6) is 5.75 Å². The Hall–Kier alpha value is -2.24. The zero-order chi connectivity index (χ0) is 16.8. The lowest BCUT2D eigenvalue weighted by atomic mass is 10.1. The number of para-hydroxylation sites is 1. The molecule has 2 rings (SSSR count). The van der Waals surface area contributed by atoms with Gasteiger partial charge in [0.1, 0.15) is 5.75 Å². The Morgan fingerprint density at radius 3 is 2.61 bits per heavy atom. The SMILES string of the molecule is CCN(CC)C(=O)CNC(=O)NC1CC1c1ccccc1OC. The number of carbonyl (C=O) groups excluding carboxylic acids is 2. The van der Waals surface area contributed by atoms with Crippen LogP contribution in [-0.4, -0.2) is 49.6 Å². The zero-order valence-corrected chi connectivity index (χ0v) is 14.0. The van der Waals surface area contributed by atoms with Gasteiger partial charge in [0.05, 0.1) is 13.7 Å². The lowest BCUT2D eigenvalue weighted by Gasteiger charge is -2.18. The van der Waals surface area contributed by atoms with Gasteiger partial charge >= 0.3 is 6.03 Å². The molecular weight excluding hydrogens is 294 g/mol. The molecule has 2 N–H and O–H groups in total. The number of hydrogen-bond acceptors (Lipinski definition) is 3. The van der Waals surface area contributed by atoms with Gasteiger partial charge in [-0.3, -0.25) is 4.79 Å². The predicted molar refractivity (Wildman–Crippen MR) is 88.6 cm³/mol.